The van der Waals surface area contributed by atoms with Crippen molar-refractivity contribution < 1.29 is 19.0 Å². The number of rotatable bonds is 10. The van der Waals surface area contributed by atoms with Crippen molar-refractivity contribution in [3.8, 4) is 11.5 Å². The Morgan fingerprint density at radius 3 is 2.32 bits per heavy atom. The third kappa shape index (κ3) is 5.85. The number of hydrogen-bond acceptors (Lipinski definition) is 7. The molecule has 0 radical (unpaired) electrons. The van der Waals surface area contributed by atoms with Gasteiger partial charge in [0.05, 0.1) is 41.7 Å². The number of aromatic nitrogens is 1. The number of benzene rings is 2. The van der Waals surface area contributed by atoms with Gasteiger partial charge in [-0.25, -0.2) is 9.79 Å². The molecule has 0 spiro atoms. The number of esters is 1. The van der Waals surface area contributed by atoms with Crippen molar-refractivity contribution in [2.75, 3.05) is 19.8 Å². The van der Waals surface area contributed by atoms with Gasteiger partial charge in [0.15, 0.2) is 4.80 Å². The normalized spacial score (nSPS) is 15.2. The van der Waals surface area contributed by atoms with Crippen molar-refractivity contribution in [1.82, 2.24) is 4.57 Å². The molecule has 0 unspecified atom stereocenters. The number of fused-ring (bicyclic) bond motifs is 1. The van der Waals surface area contributed by atoms with Gasteiger partial charge in [-0.2, -0.15) is 0 Å². The number of thiazole rings is 1. The van der Waals surface area contributed by atoms with E-state index in [-0.39, 0.29) is 12.2 Å². The lowest BCUT2D eigenvalue weighted by Gasteiger charge is -2.24. The summed E-state index contributed by atoms with van der Waals surface area (Å²) in [4.78, 5) is 31.9. The third-order valence-electron chi connectivity index (χ3n) is 5.97. The van der Waals surface area contributed by atoms with E-state index in [4.69, 9.17) is 14.2 Å². The summed E-state index contributed by atoms with van der Waals surface area (Å²) in [5, 5.41) is 0. The molecule has 2 heterocycles. The second-order valence-electron chi connectivity index (χ2n) is 8.58. The number of nitrogens with zero attached hydrogens (tertiary/aromatic N) is 2. The van der Waals surface area contributed by atoms with E-state index >= 15 is 0 Å². The Kier molecular flexibility index (Phi) is 8.61. The van der Waals surface area contributed by atoms with Crippen LogP contribution in [-0.2, 0) is 9.53 Å². The Labute approximate surface area is 220 Å². The average Bonchev–Trinajstić information content (AvgIpc) is 3.19. The van der Waals surface area contributed by atoms with Crippen LogP contribution in [0.15, 0.2) is 69.6 Å². The van der Waals surface area contributed by atoms with Crippen LogP contribution < -0.4 is 24.4 Å². The molecule has 1 atom stereocenters. The van der Waals surface area contributed by atoms with Crippen LogP contribution in [0, 0.1) is 0 Å². The topological polar surface area (TPSA) is 79.1 Å². The quantitative estimate of drug-likeness (QED) is 0.293. The van der Waals surface area contributed by atoms with Gasteiger partial charge in [-0.05, 0) is 68.7 Å². The largest absolute Gasteiger partial charge is 0.494 e. The van der Waals surface area contributed by atoms with Crippen molar-refractivity contribution in [3.63, 3.8) is 0 Å². The molecule has 0 aliphatic carbocycles. The molecule has 0 bridgehead atoms. The van der Waals surface area contributed by atoms with Gasteiger partial charge in [-0.3, -0.25) is 9.36 Å². The molecule has 1 aliphatic rings. The van der Waals surface area contributed by atoms with Crippen molar-refractivity contribution in [3.05, 3.63) is 90.6 Å². The van der Waals surface area contributed by atoms with E-state index < -0.39 is 12.0 Å². The standard InChI is InChI=1S/C29H32N2O5S/c1-5-8-17-36-23-13-9-20(10-14-23)18-24-27(32)31-26(21-11-15-22(16-12-21)34-6-2)25(28(33)35-7-3)19(4)30-29(31)37-24/h9-16,18,26H,5-8,17H2,1-4H3/b24-18+/t26-/m0/s1. The molecule has 0 amide bonds. The number of ether oxygens (including phenoxy) is 3. The SMILES string of the molecule is CCCCOc1ccc(/C=c2/sc3n(c2=O)[C@@H](c2ccc(OCC)cc2)C(C(=O)OCC)=C(C)N=3)cc1. The lowest BCUT2D eigenvalue weighted by molar-refractivity contribution is -0.139. The highest BCUT2D eigenvalue weighted by atomic mass is 32.1. The lowest BCUT2D eigenvalue weighted by atomic mass is 9.96. The molecular weight excluding hydrogens is 488 g/mol. The Balaban J connectivity index is 1.78. The predicted molar refractivity (Wildman–Crippen MR) is 145 cm³/mol. The monoisotopic (exact) mass is 520 g/mol. The maximum absolute atomic E-state index is 13.7. The summed E-state index contributed by atoms with van der Waals surface area (Å²) in [7, 11) is 0. The van der Waals surface area contributed by atoms with Gasteiger partial charge >= 0.3 is 5.97 Å². The molecule has 1 aromatic heterocycles. The van der Waals surface area contributed by atoms with Crippen molar-refractivity contribution in [2.24, 2.45) is 4.99 Å². The number of hydrogen-bond donors (Lipinski definition) is 0. The minimum Gasteiger partial charge on any atom is -0.494 e. The van der Waals surface area contributed by atoms with E-state index in [9.17, 15) is 9.59 Å². The van der Waals surface area contributed by atoms with Gasteiger partial charge in [-0.15, -0.1) is 0 Å². The van der Waals surface area contributed by atoms with E-state index in [1.807, 2.05) is 61.5 Å². The summed E-state index contributed by atoms with van der Waals surface area (Å²) >= 11 is 1.30. The summed E-state index contributed by atoms with van der Waals surface area (Å²) in [6.45, 7) is 9.05. The second-order valence-corrected chi connectivity index (χ2v) is 9.58. The number of unbranched alkanes of at least 4 members (excludes halogenated alkanes) is 1. The molecule has 2 aromatic carbocycles. The van der Waals surface area contributed by atoms with Gasteiger partial charge in [0.25, 0.3) is 5.56 Å². The molecule has 4 rings (SSSR count). The molecule has 0 N–H and O–H groups in total. The molecular formula is C29H32N2O5S. The van der Waals surface area contributed by atoms with Gasteiger partial charge < -0.3 is 14.2 Å². The first-order chi connectivity index (χ1) is 18.0. The van der Waals surface area contributed by atoms with Gasteiger partial charge in [-0.1, -0.05) is 48.9 Å². The van der Waals surface area contributed by atoms with Gasteiger partial charge in [0.2, 0.25) is 0 Å². The van der Waals surface area contributed by atoms with Gasteiger partial charge in [0.1, 0.15) is 11.5 Å². The molecule has 7 nitrogen and oxygen atoms in total. The first-order valence-electron chi connectivity index (χ1n) is 12.6. The fourth-order valence-corrected chi connectivity index (χ4v) is 5.21. The highest BCUT2D eigenvalue weighted by Crippen LogP contribution is 2.31. The smallest absolute Gasteiger partial charge is 0.338 e. The second kappa shape index (κ2) is 12.1. The average molecular weight is 521 g/mol. The predicted octanol–water partition coefficient (Wildman–Crippen LogP) is 4.38. The lowest BCUT2D eigenvalue weighted by Crippen LogP contribution is -2.39. The molecule has 3 aromatic rings. The van der Waals surface area contributed by atoms with Crippen LogP contribution in [-0.4, -0.2) is 30.4 Å². The van der Waals surface area contributed by atoms with Crippen molar-refractivity contribution >= 4 is 23.4 Å². The number of carbonyl (C=O) groups excluding carboxylic acids is 1. The van der Waals surface area contributed by atoms with Crippen LogP contribution in [0.3, 0.4) is 0 Å². The first kappa shape index (κ1) is 26.4. The zero-order chi connectivity index (χ0) is 26.4. The Hall–Kier alpha value is -3.65. The van der Waals surface area contributed by atoms with E-state index in [1.165, 1.54) is 11.3 Å². The van der Waals surface area contributed by atoms with Gasteiger partial charge in [0, 0.05) is 0 Å². The summed E-state index contributed by atoms with van der Waals surface area (Å²) in [5.41, 5.74) is 2.35. The zero-order valence-corrected chi connectivity index (χ0v) is 22.5. The minimum atomic E-state index is -0.650. The molecule has 0 saturated heterocycles. The van der Waals surface area contributed by atoms with E-state index in [2.05, 4.69) is 11.9 Å². The van der Waals surface area contributed by atoms with Crippen molar-refractivity contribution in [2.45, 2.75) is 46.6 Å². The number of allylic oxidation sites excluding steroid dienone is 1. The highest BCUT2D eigenvalue weighted by Gasteiger charge is 2.33. The van der Waals surface area contributed by atoms with Crippen LogP contribution >= 0.6 is 11.3 Å². The Morgan fingerprint density at radius 1 is 1.00 bits per heavy atom. The van der Waals surface area contributed by atoms with Crippen LogP contribution in [0.5, 0.6) is 11.5 Å². The maximum Gasteiger partial charge on any atom is 0.338 e. The fourth-order valence-electron chi connectivity index (χ4n) is 4.17. The molecule has 8 heteroatoms. The van der Waals surface area contributed by atoms with E-state index in [0.29, 0.717) is 33.8 Å². The Bertz CT molecular complexity index is 1450. The van der Waals surface area contributed by atoms with E-state index in [0.717, 1.165) is 35.5 Å². The first-order valence-corrected chi connectivity index (χ1v) is 13.4. The maximum atomic E-state index is 13.7. The van der Waals surface area contributed by atoms with Crippen LogP contribution in [0.25, 0.3) is 6.08 Å². The molecule has 0 saturated carbocycles. The molecule has 194 valence electrons. The number of carbonyl (C=O) groups is 1. The minimum absolute atomic E-state index is 0.208. The zero-order valence-electron chi connectivity index (χ0n) is 21.7. The van der Waals surface area contributed by atoms with E-state index in [1.54, 1.807) is 18.4 Å². The van der Waals surface area contributed by atoms with Crippen molar-refractivity contribution in [1.29, 1.82) is 0 Å². The highest BCUT2D eigenvalue weighted by molar-refractivity contribution is 7.07. The molecule has 37 heavy (non-hydrogen) atoms. The molecule has 1 aliphatic heterocycles. The summed E-state index contributed by atoms with van der Waals surface area (Å²) in [5.74, 6) is 1.05. The van der Waals surface area contributed by atoms with Crippen LogP contribution in [0.1, 0.15) is 57.7 Å². The summed E-state index contributed by atoms with van der Waals surface area (Å²) < 4.78 is 18.8. The fraction of sp³-hybridized carbons (Fsp3) is 0.345. The van der Waals surface area contributed by atoms with Crippen LogP contribution in [0.4, 0.5) is 0 Å². The van der Waals surface area contributed by atoms with Crippen LogP contribution in [0.2, 0.25) is 0 Å². The third-order valence-corrected chi connectivity index (χ3v) is 6.95. The molecule has 0 fully saturated rings. The summed E-state index contributed by atoms with van der Waals surface area (Å²) in [6.07, 6.45) is 3.93. The Morgan fingerprint density at radius 2 is 1.68 bits per heavy atom. The summed E-state index contributed by atoms with van der Waals surface area (Å²) in [6, 6.07) is 14.5.